The van der Waals surface area contributed by atoms with Gasteiger partial charge < -0.3 is 15.6 Å². The number of hydrogen-bond acceptors (Lipinski definition) is 4. The molecular formula is C7H7ClN2O3S. The van der Waals surface area contributed by atoms with Gasteiger partial charge in [-0.25, -0.2) is 0 Å². The fourth-order valence-corrected chi connectivity index (χ4v) is 3.04. The molecule has 2 heterocycles. The number of amides is 1. The molecule has 0 spiro atoms. The lowest BCUT2D eigenvalue weighted by Crippen LogP contribution is -2.83. The maximum absolute atomic E-state index is 11.3. The number of carboxylic acid groups (broad SMARTS) is 1. The number of halogens is 1. The average Bonchev–Trinajstić information content (AvgIpc) is 2.15. The van der Waals surface area contributed by atoms with Crippen LogP contribution in [-0.4, -0.2) is 33.9 Å². The zero-order chi connectivity index (χ0) is 10.5. The fraction of sp³-hybridized carbons (Fsp3) is 0.429. The number of rotatable bonds is 1. The van der Waals surface area contributed by atoms with Gasteiger partial charge >= 0.3 is 0 Å². The first kappa shape index (κ1) is 9.82. The summed E-state index contributed by atoms with van der Waals surface area (Å²) in [5.41, 5.74) is 3.44. The number of carboxylic acids is 1. The van der Waals surface area contributed by atoms with E-state index in [1.165, 1.54) is 11.8 Å². The van der Waals surface area contributed by atoms with E-state index in [0.29, 0.717) is 5.75 Å². The molecule has 0 aromatic heterocycles. The normalized spacial score (nSPS) is 31.3. The predicted octanol–water partition coefficient (Wildman–Crippen LogP) is -2.29. The standard InChI is InChI=1S/C7H7ClN2O3S/c8-2-1-14-6-3(9)5(11)10(6)4(2)7(12)13/h3,6H,1,9H2,(H,12,13)/t3-,6+/m0/s1. The summed E-state index contributed by atoms with van der Waals surface area (Å²) in [5, 5.41) is 10.7. The van der Waals surface area contributed by atoms with Gasteiger partial charge in [0, 0.05) is 5.75 Å². The van der Waals surface area contributed by atoms with Gasteiger partial charge in [-0.1, -0.05) is 11.6 Å². The molecule has 2 aliphatic rings. The number of aliphatic carboxylic acids is 1. The Hall–Kier alpha value is -0.720. The van der Waals surface area contributed by atoms with Crippen molar-refractivity contribution in [2.45, 2.75) is 11.4 Å². The van der Waals surface area contributed by atoms with Gasteiger partial charge in [0.1, 0.15) is 5.37 Å². The van der Waals surface area contributed by atoms with Gasteiger partial charge in [0.15, 0.2) is 6.04 Å². The SMILES string of the molecule is [NH3+][C@H]1C(=O)N2C(C(=O)[O-])=C(Cl)CS[C@H]12. The molecule has 2 rings (SSSR count). The maximum Gasteiger partial charge on any atom is 0.289 e. The molecule has 1 fully saturated rings. The van der Waals surface area contributed by atoms with E-state index in [1.54, 1.807) is 0 Å². The quantitative estimate of drug-likeness (QED) is 0.518. The largest absolute Gasteiger partial charge is 0.543 e. The van der Waals surface area contributed by atoms with E-state index in [2.05, 4.69) is 5.73 Å². The molecule has 1 amide bonds. The first-order valence-electron chi connectivity index (χ1n) is 3.91. The van der Waals surface area contributed by atoms with Gasteiger partial charge in [0.05, 0.1) is 16.7 Å². The minimum atomic E-state index is -1.40. The van der Waals surface area contributed by atoms with E-state index in [1.807, 2.05) is 0 Å². The van der Waals surface area contributed by atoms with Gasteiger partial charge in [-0.05, 0) is 0 Å². The number of β-lactam (4-membered cyclic amide) rings is 1. The minimum Gasteiger partial charge on any atom is -0.543 e. The lowest BCUT2D eigenvalue weighted by Gasteiger charge is -2.46. The Morgan fingerprint density at radius 1 is 1.71 bits per heavy atom. The van der Waals surface area contributed by atoms with Crippen LogP contribution in [0.1, 0.15) is 0 Å². The summed E-state index contributed by atoms with van der Waals surface area (Å²) in [6, 6.07) is -0.376. The van der Waals surface area contributed by atoms with Crippen molar-refractivity contribution in [3.8, 4) is 0 Å². The molecule has 0 aromatic carbocycles. The number of hydrogen-bond donors (Lipinski definition) is 1. The molecule has 76 valence electrons. The minimum absolute atomic E-state index is 0.159. The second kappa shape index (κ2) is 3.15. The van der Waals surface area contributed by atoms with Crippen LogP contribution < -0.4 is 10.8 Å². The highest BCUT2D eigenvalue weighted by atomic mass is 35.5. The second-order valence-corrected chi connectivity index (χ2v) is 4.62. The van der Waals surface area contributed by atoms with Crippen LogP contribution in [0.25, 0.3) is 0 Å². The zero-order valence-corrected chi connectivity index (χ0v) is 8.60. The summed E-state index contributed by atoms with van der Waals surface area (Å²) in [7, 11) is 0. The van der Waals surface area contributed by atoms with Crippen LogP contribution in [0.4, 0.5) is 0 Å². The van der Waals surface area contributed by atoms with E-state index < -0.39 is 5.97 Å². The molecule has 0 saturated carbocycles. The molecule has 0 radical (unpaired) electrons. The number of quaternary nitrogens is 1. The molecule has 3 N–H and O–H groups in total. The number of nitrogens with zero attached hydrogens (tertiary/aromatic N) is 1. The molecule has 1 saturated heterocycles. The van der Waals surface area contributed by atoms with Gasteiger partial charge in [-0.3, -0.25) is 9.69 Å². The van der Waals surface area contributed by atoms with Crippen LogP contribution in [0, 0.1) is 0 Å². The van der Waals surface area contributed by atoms with Gasteiger partial charge in [0.25, 0.3) is 5.91 Å². The molecule has 5 nitrogen and oxygen atoms in total. The van der Waals surface area contributed by atoms with Crippen LogP contribution in [0.3, 0.4) is 0 Å². The fourth-order valence-electron chi connectivity index (χ4n) is 1.52. The maximum atomic E-state index is 11.3. The summed E-state index contributed by atoms with van der Waals surface area (Å²) in [5.74, 6) is -1.31. The van der Waals surface area contributed by atoms with Crippen molar-refractivity contribution < 1.29 is 20.4 Å². The van der Waals surface area contributed by atoms with E-state index >= 15 is 0 Å². The molecule has 0 aliphatic carbocycles. The summed E-state index contributed by atoms with van der Waals surface area (Å²) < 4.78 is 0. The molecule has 2 atom stereocenters. The number of carbonyl (C=O) groups is 2. The van der Waals surface area contributed by atoms with Crippen molar-refractivity contribution in [2.24, 2.45) is 0 Å². The molecule has 14 heavy (non-hydrogen) atoms. The van der Waals surface area contributed by atoms with Crippen LogP contribution in [-0.2, 0) is 9.59 Å². The lowest BCUT2D eigenvalue weighted by molar-refractivity contribution is -0.424. The summed E-state index contributed by atoms with van der Waals surface area (Å²) in [4.78, 5) is 23.2. The van der Waals surface area contributed by atoms with E-state index in [4.69, 9.17) is 11.6 Å². The van der Waals surface area contributed by atoms with Crippen LogP contribution >= 0.6 is 23.4 Å². The highest BCUT2D eigenvalue weighted by Gasteiger charge is 2.53. The van der Waals surface area contributed by atoms with Gasteiger partial charge in [-0.2, -0.15) is 0 Å². The molecule has 0 bridgehead atoms. The third-order valence-electron chi connectivity index (χ3n) is 2.23. The Morgan fingerprint density at radius 3 is 2.93 bits per heavy atom. The number of carbonyl (C=O) groups excluding carboxylic acids is 2. The molecule has 2 aliphatic heterocycles. The average molecular weight is 235 g/mol. The Kier molecular flexibility index (Phi) is 2.21. The topological polar surface area (TPSA) is 88.1 Å². The van der Waals surface area contributed by atoms with Crippen molar-refractivity contribution in [1.29, 1.82) is 0 Å². The van der Waals surface area contributed by atoms with Crippen LogP contribution in [0.2, 0.25) is 0 Å². The second-order valence-electron chi connectivity index (χ2n) is 3.06. The first-order chi connectivity index (χ1) is 6.54. The van der Waals surface area contributed by atoms with Crippen molar-refractivity contribution in [2.75, 3.05) is 5.75 Å². The van der Waals surface area contributed by atoms with E-state index in [0.717, 1.165) is 4.90 Å². The van der Waals surface area contributed by atoms with Gasteiger partial charge in [-0.15, -0.1) is 11.8 Å². The van der Waals surface area contributed by atoms with Crippen molar-refractivity contribution in [1.82, 2.24) is 4.90 Å². The highest BCUT2D eigenvalue weighted by Crippen LogP contribution is 2.39. The van der Waals surface area contributed by atoms with Crippen molar-refractivity contribution in [3.63, 3.8) is 0 Å². The Labute approximate surface area is 88.9 Å². The summed E-state index contributed by atoms with van der Waals surface area (Å²) in [6.45, 7) is 0. The van der Waals surface area contributed by atoms with Crippen LogP contribution in [0.5, 0.6) is 0 Å². The Balaban J connectivity index is 2.37. The smallest absolute Gasteiger partial charge is 0.289 e. The van der Waals surface area contributed by atoms with Gasteiger partial charge in [0.2, 0.25) is 0 Å². The highest BCUT2D eigenvalue weighted by molar-refractivity contribution is 8.00. The number of fused-ring (bicyclic) bond motifs is 1. The molecule has 7 heteroatoms. The monoisotopic (exact) mass is 234 g/mol. The molecule has 0 unspecified atom stereocenters. The van der Waals surface area contributed by atoms with E-state index in [-0.39, 0.29) is 28.1 Å². The zero-order valence-electron chi connectivity index (χ0n) is 7.03. The van der Waals surface area contributed by atoms with Crippen LogP contribution in [0.15, 0.2) is 10.7 Å². The summed E-state index contributed by atoms with van der Waals surface area (Å²) >= 11 is 7.12. The number of thioether (sulfide) groups is 1. The van der Waals surface area contributed by atoms with Crippen molar-refractivity contribution >= 4 is 35.2 Å². The summed E-state index contributed by atoms with van der Waals surface area (Å²) in [6.07, 6.45) is 0. The molecular weight excluding hydrogens is 228 g/mol. The van der Waals surface area contributed by atoms with Crippen molar-refractivity contribution in [3.05, 3.63) is 10.7 Å². The molecule has 0 aromatic rings. The third kappa shape index (κ3) is 1.14. The third-order valence-corrected chi connectivity index (χ3v) is 4.03. The van der Waals surface area contributed by atoms with E-state index in [9.17, 15) is 14.7 Å². The lowest BCUT2D eigenvalue weighted by atomic mass is 10.1. The Morgan fingerprint density at radius 2 is 2.36 bits per heavy atom. The predicted molar refractivity (Wildman–Crippen MR) is 47.7 cm³/mol. The first-order valence-corrected chi connectivity index (χ1v) is 5.34. The Bertz CT molecular complexity index is 357.